The first-order valence-corrected chi connectivity index (χ1v) is 6.45. The van der Waals surface area contributed by atoms with E-state index in [-0.39, 0.29) is 6.04 Å². The van der Waals surface area contributed by atoms with Crippen LogP contribution < -0.4 is 14.8 Å². The van der Waals surface area contributed by atoms with Gasteiger partial charge in [-0.3, -0.25) is 10.3 Å². The summed E-state index contributed by atoms with van der Waals surface area (Å²) in [6, 6.07) is 5.57. The van der Waals surface area contributed by atoms with Crippen LogP contribution in [0.4, 0.5) is 4.79 Å². The normalized spacial score (nSPS) is 17.2. The third-order valence-corrected chi connectivity index (χ3v) is 3.41. The zero-order valence-corrected chi connectivity index (χ0v) is 12.5. The van der Waals surface area contributed by atoms with Crippen molar-refractivity contribution in [2.24, 2.45) is 4.99 Å². The molecule has 1 N–H and O–H groups in total. The summed E-state index contributed by atoms with van der Waals surface area (Å²) in [5, 5.41) is 2.59. The average Bonchev–Trinajstić information content (AvgIpc) is 2.87. The van der Waals surface area contributed by atoms with Gasteiger partial charge in [0.25, 0.3) is 0 Å². The van der Waals surface area contributed by atoms with Crippen LogP contribution in [0.3, 0.4) is 0 Å². The van der Waals surface area contributed by atoms with Crippen molar-refractivity contribution in [2.75, 3.05) is 34.9 Å². The van der Waals surface area contributed by atoms with Gasteiger partial charge in [-0.1, -0.05) is 0 Å². The number of alkyl carbamates (subject to hydrolysis) is 1. The second kappa shape index (κ2) is 6.34. The summed E-state index contributed by atoms with van der Waals surface area (Å²) < 4.78 is 15.2. The smallest absolute Gasteiger partial charge is 0.413 e. The van der Waals surface area contributed by atoms with Crippen molar-refractivity contribution in [1.82, 2.24) is 10.2 Å². The van der Waals surface area contributed by atoms with Gasteiger partial charge >= 0.3 is 6.09 Å². The molecule has 1 aliphatic heterocycles. The minimum absolute atomic E-state index is 0.0396. The molecule has 0 radical (unpaired) electrons. The molecule has 0 fully saturated rings. The predicted octanol–water partition coefficient (Wildman–Crippen LogP) is 1.40. The highest BCUT2D eigenvalue weighted by molar-refractivity contribution is 5.94. The SMILES string of the molecule is COC(=O)NC1=NCC(c2cc(OC)ccc2OC)N1C. The largest absolute Gasteiger partial charge is 0.497 e. The summed E-state index contributed by atoms with van der Waals surface area (Å²) >= 11 is 0. The molecular weight excluding hydrogens is 274 g/mol. The predicted molar refractivity (Wildman–Crippen MR) is 77.9 cm³/mol. The average molecular weight is 293 g/mol. The number of carbonyl (C=O) groups excluding carboxylic acids is 1. The standard InChI is InChI=1S/C14H19N3O4/c1-17-11(8-15-13(17)16-14(18)21-4)10-7-9(19-2)5-6-12(10)20-3/h5-7,11H,8H2,1-4H3,(H,15,16,18). The van der Waals surface area contributed by atoms with Gasteiger partial charge in [-0.05, 0) is 18.2 Å². The van der Waals surface area contributed by atoms with Gasteiger partial charge in [-0.15, -0.1) is 0 Å². The molecule has 0 saturated heterocycles. The molecule has 0 aromatic heterocycles. The Morgan fingerprint density at radius 3 is 2.71 bits per heavy atom. The maximum atomic E-state index is 11.3. The Labute approximate surface area is 123 Å². The first-order chi connectivity index (χ1) is 10.1. The third kappa shape index (κ3) is 3.01. The lowest BCUT2D eigenvalue weighted by atomic mass is 10.0. The monoisotopic (exact) mass is 293 g/mol. The number of rotatable bonds is 3. The molecule has 2 rings (SSSR count). The fraction of sp³-hybridized carbons (Fsp3) is 0.429. The molecule has 0 spiro atoms. The van der Waals surface area contributed by atoms with E-state index in [0.717, 1.165) is 17.1 Å². The summed E-state index contributed by atoms with van der Waals surface area (Å²) in [4.78, 5) is 17.5. The molecule has 1 aromatic rings. The van der Waals surface area contributed by atoms with Gasteiger partial charge in [0.2, 0.25) is 5.96 Å². The number of carbonyl (C=O) groups is 1. The summed E-state index contributed by atoms with van der Waals surface area (Å²) in [6.07, 6.45) is -0.543. The molecule has 1 aromatic carbocycles. The van der Waals surface area contributed by atoms with E-state index in [1.54, 1.807) is 14.2 Å². The Hall–Kier alpha value is -2.44. The Kier molecular flexibility index (Phi) is 4.52. The van der Waals surface area contributed by atoms with Crippen LogP contribution >= 0.6 is 0 Å². The maximum Gasteiger partial charge on any atom is 0.413 e. The number of amides is 1. The molecule has 1 unspecified atom stereocenters. The van der Waals surface area contributed by atoms with Gasteiger partial charge in [0, 0.05) is 12.6 Å². The van der Waals surface area contributed by atoms with Gasteiger partial charge in [0.05, 0.1) is 33.9 Å². The van der Waals surface area contributed by atoms with Crippen molar-refractivity contribution in [2.45, 2.75) is 6.04 Å². The van der Waals surface area contributed by atoms with Gasteiger partial charge < -0.3 is 19.1 Å². The van der Waals surface area contributed by atoms with E-state index in [4.69, 9.17) is 9.47 Å². The number of aliphatic imine (C=N–C) groups is 1. The van der Waals surface area contributed by atoms with Crippen LogP contribution in [0.2, 0.25) is 0 Å². The molecule has 1 heterocycles. The molecule has 7 heteroatoms. The van der Waals surface area contributed by atoms with Crippen LogP contribution in [-0.2, 0) is 4.74 Å². The molecule has 1 atom stereocenters. The molecule has 1 aliphatic rings. The molecular formula is C14H19N3O4. The Bertz CT molecular complexity index is 559. The second-order valence-electron chi connectivity index (χ2n) is 4.52. The summed E-state index contributed by atoms with van der Waals surface area (Å²) in [5.74, 6) is 1.97. The van der Waals surface area contributed by atoms with Crippen LogP contribution in [0.15, 0.2) is 23.2 Å². The molecule has 0 saturated carbocycles. The van der Waals surface area contributed by atoms with Crippen molar-refractivity contribution in [3.63, 3.8) is 0 Å². The number of hydrogen-bond donors (Lipinski definition) is 1. The van der Waals surface area contributed by atoms with Crippen molar-refractivity contribution in [3.05, 3.63) is 23.8 Å². The first kappa shape index (κ1) is 15.0. The number of nitrogens with one attached hydrogen (secondary N) is 1. The highest BCUT2D eigenvalue weighted by atomic mass is 16.5. The number of ether oxygens (including phenoxy) is 3. The molecule has 0 aliphatic carbocycles. The highest BCUT2D eigenvalue weighted by Gasteiger charge is 2.29. The van der Waals surface area contributed by atoms with Crippen LogP contribution in [0.1, 0.15) is 11.6 Å². The van der Waals surface area contributed by atoms with Crippen molar-refractivity contribution < 1.29 is 19.0 Å². The van der Waals surface area contributed by atoms with Gasteiger partial charge in [-0.2, -0.15) is 0 Å². The van der Waals surface area contributed by atoms with Crippen LogP contribution in [0.25, 0.3) is 0 Å². The maximum absolute atomic E-state index is 11.3. The zero-order valence-electron chi connectivity index (χ0n) is 12.5. The van der Waals surface area contributed by atoms with Gasteiger partial charge in [0.15, 0.2) is 0 Å². The van der Waals surface area contributed by atoms with E-state index in [0.29, 0.717) is 12.5 Å². The van der Waals surface area contributed by atoms with Gasteiger partial charge in [-0.25, -0.2) is 4.79 Å². The van der Waals surface area contributed by atoms with E-state index in [1.807, 2.05) is 30.1 Å². The van der Waals surface area contributed by atoms with E-state index >= 15 is 0 Å². The lowest BCUT2D eigenvalue weighted by molar-refractivity contribution is 0.175. The van der Waals surface area contributed by atoms with E-state index in [2.05, 4.69) is 15.0 Å². The molecule has 21 heavy (non-hydrogen) atoms. The minimum atomic E-state index is -0.543. The van der Waals surface area contributed by atoms with Crippen LogP contribution in [0.5, 0.6) is 11.5 Å². The number of hydrogen-bond acceptors (Lipinski definition) is 6. The Morgan fingerprint density at radius 1 is 1.33 bits per heavy atom. The fourth-order valence-electron chi connectivity index (χ4n) is 2.23. The summed E-state index contributed by atoms with van der Waals surface area (Å²) in [7, 11) is 6.40. The second-order valence-corrected chi connectivity index (χ2v) is 4.52. The zero-order chi connectivity index (χ0) is 15.4. The van der Waals surface area contributed by atoms with Crippen molar-refractivity contribution in [1.29, 1.82) is 0 Å². The lowest BCUT2D eigenvalue weighted by Crippen LogP contribution is -2.40. The molecule has 1 amide bonds. The molecule has 0 bridgehead atoms. The number of guanidine groups is 1. The molecule has 114 valence electrons. The Balaban J connectivity index is 2.22. The minimum Gasteiger partial charge on any atom is -0.497 e. The third-order valence-electron chi connectivity index (χ3n) is 3.41. The number of benzene rings is 1. The first-order valence-electron chi connectivity index (χ1n) is 6.45. The summed E-state index contributed by atoms with van der Waals surface area (Å²) in [6.45, 7) is 0.513. The highest BCUT2D eigenvalue weighted by Crippen LogP contribution is 2.34. The lowest BCUT2D eigenvalue weighted by Gasteiger charge is -2.25. The number of likely N-dealkylation sites (N-methyl/N-ethyl adjacent to an activating group) is 1. The van der Waals surface area contributed by atoms with Crippen LogP contribution in [0, 0.1) is 0 Å². The van der Waals surface area contributed by atoms with Gasteiger partial charge in [0.1, 0.15) is 11.5 Å². The fourth-order valence-corrected chi connectivity index (χ4v) is 2.23. The summed E-state index contributed by atoms with van der Waals surface area (Å²) in [5.41, 5.74) is 0.949. The topological polar surface area (TPSA) is 72.4 Å². The number of nitrogens with zero attached hydrogens (tertiary/aromatic N) is 2. The van der Waals surface area contributed by atoms with Crippen molar-refractivity contribution >= 4 is 12.1 Å². The van der Waals surface area contributed by atoms with E-state index in [1.165, 1.54) is 7.11 Å². The molecule has 7 nitrogen and oxygen atoms in total. The van der Waals surface area contributed by atoms with E-state index in [9.17, 15) is 4.79 Å². The van der Waals surface area contributed by atoms with Crippen LogP contribution in [-0.4, -0.2) is 51.9 Å². The van der Waals surface area contributed by atoms with E-state index < -0.39 is 6.09 Å². The quantitative estimate of drug-likeness (QED) is 0.912. The number of methoxy groups -OCH3 is 3. The Morgan fingerprint density at radius 2 is 2.10 bits per heavy atom. The van der Waals surface area contributed by atoms with Crippen molar-refractivity contribution in [3.8, 4) is 11.5 Å².